The number of benzene rings is 1. The first-order valence-corrected chi connectivity index (χ1v) is 11.9. The van der Waals surface area contributed by atoms with Crippen LogP contribution in [0.3, 0.4) is 0 Å². The minimum Gasteiger partial charge on any atom is -0.493 e. The van der Waals surface area contributed by atoms with Gasteiger partial charge in [0.15, 0.2) is 17.3 Å². The summed E-state index contributed by atoms with van der Waals surface area (Å²) in [5.74, 6) is 1.47. The molecule has 3 rings (SSSR count). The topological polar surface area (TPSA) is 109 Å². The molecular formula is C24H35N5O4. The lowest BCUT2D eigenvalue weighted by Crippen LogP contribution is -2.37. The molecule has 1 aromatic carbocycles. The van der Waals surface area contributed by atoms with E-state index in [0.717, 1.165) is 32.5 Å². The van der Waals surface area contributed by atoms with Crippen molar-refractivity contribution in [3.8, 4) is 22.9 Å². The maximum atomic E-state index is 12.5. The van der Waals surface area contributed by atoms with E-state index < -0.39 is 0 Å². The number of aromatic amines is 1. The number of piperidine rings is 1. The number of aromatic nitrogens is 3. The van der Waals surface area contributed by atoms with Gasteiger partial charge >= 0.3 is 0 Å². The number of nitrogens with one attached hydrogen (secondary N) is 2. The maximum absolute atomic E-state index is 12.5. The summed E-state index contributed by atoms with van der Waals surface area (Å²) in [7, 11) is 1.57. The molecule has 1 saturated heterocycles. The Morgan fingerprint density at radius 1 is 1.18 bits per heavy atom. The molecule has 2 heterocycles. The van der Waals surface area contributed by atoms with Gasteiger partial charge in [0.2, 0.25) is 5.91 Å². The minimum absolute atomic E-state index is 0.0827. The van der Waals surface area contributed by atoms with Crippen LogP contribution in [0.15, 0.2) is 23.0 Å². The van der Waals surface area contributed by atoms with E-state index in [1.54, 1.807) is 25.3 Å². The molecule has 0 saturated carbocycles. The van der Waals surface area contributed by atoms with Crippen LogP contribution in [0.1, 0.15) is 51.1 Å². The van der Waals surface area contributed by atoms with Crippen LogP contribution in [0.5, 0.6) is 11.5 Å². The fraction of sp³-hybridized carbons (Fsp3) is 0.583. The van der Waals surface area contributed by atoms with Gasteiger partial charge in [-0.3, -0.25) is 9.59 Å². The number of methoxy groups -OCH3 is 1. The quantitative estimate of drug-likeness (QED) is 0.471. The lowest BCUT2D eigenvalue weighted by atomic mass is 10.1. The zero-order valence-electron chi connectivity index (χ0n) is 19.7. The van der Waals surface area contributed by atoms with Gasteiger partial charge in [-0.05, 0) is 50.6 Å². The standard InChI is InChI=1S/C24H35N5O4/c1-3-4-16-33-20-10-8-18(17-21(20)32-2)23-26-24(31)19(27-28-23)9-11-22(30)25-12-15-29-13-6-5-7-14-29/h8,10,17H,3-7,9,11-16H2,1-2H3,(H,25,30)(H,26,28,31). The van der Waals surface area contributed by atoms with Crippen molar-refractivity contribution < 1.29 is 14.3 Å². The molecule has 0 aliphatic carbocycles. The van der Waals surface area contributed by atoms with E-state index in [4.69, 9.17) is 9.47 Å². The molecule has 1 aromatic heterocycles. The van der Waals surface area contributed by atoms with Gasteiger partial charge in [0.1, 0.15) is 5.69 Å². The van der Waals surface area contributed by atoms with Crippen LogP contribution >= 0.6 is 0 Å². The highest BCUT2D eigenvalue weighted by atomic mass is 16.5. The number of amides is 1. The molecule has 33 heavy (non-hydrogen) atoms. The summed E-state index contributed by atoms with van der Waals surface area (Å²) in [5.41, 5.74) is 0.570. The van der Waals surface area contributed by atoms with Crippen LogP contribution in [0.25, 0.3) is 11.4 Å². The first-order chi connectivity index (χ1) is 16.1. The first-order valence-electron chi connectivity index (χ1n) is 11.9. The summed E-state index contributed by atoms with van der Waals surface area (Å²) in [5, 5.41) is 11.1. The number of likely N-dealkylation sites (tertiary alicyclic amines) is 1. The summed E-state index contributed by atoms with van der Waals surface area (Å²) in [6, 6.07) is 5.36. The van der Waals surface area contributed by atoms with E-state index in [1.165, 1.54) is 19.3 Å². The number of aryl methyl sites for hydroxylation is 1. The Morgan fingerprint density at radius 2 is 2.00 bits per heavy atom. The number of H-pyrrole nitrogens is 1. The molecule has 0 radical (unpaired) electrons. The fourth-order valence-corrected chi connectivity index (χ4v) is 3.77. The number of carbonyl (C=O) groups is 1. The smallest absolute Gasteiger partial charge is 0.273 e. The highest BCUT2D eigenvalue weighted by molar-refractivity contribution is 5.76. The molecule has 0 spiro atoms. The number of hydrogen-bond acceptors (Lipinski definition) is 7. The molecule has 9 heteroatoms. The molecule has 2 aromatic rings. The number of carbonyl (C=O) groups excluding carboxylic acids is 1. The van der Waals surface area contributed by atoms with Crippen molar-refractivity contribution in [1.29, 1.82) is 0 Å². The number of nitrogens with zero attached hydrogens (tertiary/aromatic N) is 3. The second kappa shape index (κ2) is 12.9. The van der Waals surface area contributed by atoms with Gasteiger partial charge in [-0.1, -0.05) is 19.8 Å². The predicted octanol–water partition coefficient (Wildman–Crippen LogP) is 2.55. The highest BCUT2D eigenvalue weighted by Gasteiger charge is 2.13. The molecular weight excluding hydrogens is 422 g/mol. The van der Waals surface area contributed by atoms with Crippen LogP contribution in [0.4, 0.5) is 0 Å². The molecule has 1 aliphatic heterocycles. The van der Waals surface area contributed by atoms with E-state index in [2.05, 4.69) is 32.3 Å². The van der Waals surface area contributed by atoms with Crippen molar-refractivity contribution in [3.63, 3.8) is 0 Å². The zero-order valence-corrected chi connectivity index (χ0v) is 19.7. The average molecular weight is 458 g/mol. The van der Waals surface area contributed by atoms with Gasteiger partial charge in [-0.25, -0.2) is 0 Å². The second-order valence-corrected chi connectivity index (χ2v) is 8.27. The van der Waals surface area contributed by atoms with E-state index in [-0.39, 0.29) is 30.0 Å². The third-order valence-corrected chi connectivity index (χ3v) is 5.75. The minimum atomic E-state index is -0.344. The summed E-state index contributed by atoms with van der Waals surface area (Å²) in [6.07, 6.45) is 6.21. The normalized spacial score (nSPS) is 14.1. The number of hydrogen-bond donors (Lipinski definition) is 2. The predicted molar refractivity (Wildman–Crippen MR) is 127 cm³/mol. The lowest BCUT2D eigenvalue weighted by molar-refractivity contribution is -0.121. The van der Waals surface area contributed by atoms with Crippen molar-refractivity contribution in [2.24, 2.45) is 0 Å². The van der Waals surface area contributed by atoms with Crippen LogP contribution in [0.2, 0.25) is 0 Å². The van der Waals surface area contributed by atoms with Gasteiger partial charge in [-0.2, -0.15) is 0 Å². The lowest BCUT2D eigenvalue weighted by Gasteiger charge is -2.26. The largest absolute Gasteiger partial charge is 0.493 e. The third kappa shape index (κ3) is 7.56. The molecule has 1 amide bonds. The second-order valence-electron chi connectivity index (χ2n) is 8.27. The Kier molecular flexibility index (Phi) is 9.68. The molecule has 9 nitrogen and oxygen atoms in total. The number of rotatable bonds is 12. The van der Waals surface area contributed by atoms with Crippen LogP contribution in [0, 0.1) is 0 Å². The fourth-order valence-electron chi connectivity index (χ4n) is 3.77. The Hall–Kier alpha value is -2.94. The van der Waals surface area contributed by atoms with Gasteiger partial charge < -0.3 is 24.7 Å². The summed E-state index contributed by atoms with van der Waals surface area (Å²) < 4.78 is 11.2. The summed E-state index contributed by atoms with van der Waals surface area (Å²) >= 11 is 0. The van der Waals surface area contributed by atoms with Gasteiger partial charge in [0, 0.05) is 31.5 Å². The van der Waals surface area contributed by atoms with Gasteiger partial charge in [0.25, 0.3) is 5.56 Å². The molecule has 1 aliphatic rings. The Labute approximate surface area is 194 Å². The third-order valence-electron chi connectivity index (χ3n) is 5.75. The van der Waals surface area contributed by atoms with Gasteiger partial charge in [-0.15, -0.1) is 10.2 Å². The van der Waals surface area contributed by atoms with E-state index in [0.29, 0.717) is 36.0 Å². The summed E-state index contributed by atoms with van der Waals surface area (Å²) in [6.45, 7) is 6.42. The van der Waals surface area contributed by atoms with Crippen LogP contribution < -0.4 is 20.3 Å². The van der Waals surface area contributed by atoms with Crippen molar-refractivity contribution in [2.75, 3.05) is 39.9 Å². The van der Waals surface area contributed by atoms with Crippen LogP contribution in [-0.4, -0.2) is 65.9 Å². The molecule has 0 unspecified atom stereocenters. The molecule has 180 valence electrons. The van der Waals surface area contributed by atoms with Gasteiger partial charge in [0.05, 0.1) is 13.7 Å². The first kappa shape index (κ1) is 24.7. The Balaban J connectivity index is 1.52. The molecule has 1 fully saturated rings. The Morgan fingerprint density at radius 3 is 2.73 bits per heavy atom. The zero-order chi connectivity index (χ0) is 23.5. The average Bonchev–Trinajstić information content (AvgIpc) is 2.84. The van der Waals surface area contributed by atoms with E-state index >= 15 is 0 Å². The number of unbranched alkanes of at least 4 members (excludes halogenated alkanes) is 1. The van der Waals surface area contributed by atoms with E-state index in [9.17, 15) is 9.59 Å². The Bertz CT molecular complexity index is 956. The highest BCUT2D eigenvalue weighted by Crippen LogP contribution is 2.31. The molecule has 2 N–H and O–H groups in total. The van der Waals surface area contributed by atoms with Crippen molar-refractivity contribution in [1.82, 2.24) is 25.4 Å². The molecule has 0 atom stereocenters. The number of ether oxygens (including phenoxy) is 2. The SMILES string of the molecule is CCCCOc1ccc(-c2nnc(CCC(=O)NCCN3CCCCC3)c(=O)[nH]2)cc1OC. The van der Waals surface area contributed by atoms with Crippen molar-refractivity contribution >= 4 is 5.91 Å². The molecule has 0 bridgehead atoms. The van der Waals surface area contributed by atoms with Crippen LogP contribution in [-0.2, 0) is 11.2 Å². The monoisotopic (exact) mass is 457 g/mol. The maximum Gasteiger partial charge on any atom is 0.273 e. The summed E-state index contributed by atoms with van der Waals surface area (Å²) in [4.78, 5) is 29.8. The van der Waals surface area contributed by atoms with E-state index in [1.807, 2.05) is 0 Å². The van der Waals surface area contributed by atoms with Crippen molar-refractivity contribution in [2.45, 2.75) is 51.9 Å². The van der Waals surface area contributed by atoms with Crippen molar-refractivity contribution in [3.05, 3.63) is 34.2 Å².